The number of nitrogens with two attached hydrogens (primary N) is 1. The van der Waals surface area contributed by atoms with E-state index in [0.29, 0.717) is 23.6 Å². The molecule has 0 saturated heterocycles. The normalized spacial score (nSPS) is 10.7. The van der Waals surface area contributed by atoms with Crippen LogP contribution in [0.3, 0.4) is 0 Å². The number of pyridine rings is 1. The Kier molecular flexibility index (Phi) is 6.03. The third-order valence-electron chi connectivity index (χ3n) is 5.04. The Bertz CT molecular complexity index is 1330. The molecule has 2 heterocycles. The van der Waals surface area contributed by atoms with Crippen molar-refractivity contribution in [2.24, 2.45) is 0 Å². The molecule has 9 heteroatoms. The summed E-state index contributed by atoms with van der Waals surface area (Å²) in [5.41, 5.74) is 9.13. The van der Waals surface area contributed by atoms with Crippen LogP contribution >= 0.6 is 0 Å². The van der Waals surface area contributed by atoms with Crippen molar-refractivity contribution in [3.05, 3.63) is 101 Å². The number of hydrogen-bond donors (Lipinski definition) is 4. The smallest absolute Gasteiger partial charge is 0.335 e. The number of benzene rings is 2. The third kappa shape index (κ3) is 4.99. The molecule has 2 amide bonds. The van der Waals surface area contributed by atoms with Crippen LogP contribution in [0.1, 0.15) is 42.5 Å². The molecule has 2 aromatic heterocycles. The van der Waals surface area contributed by atoms with Gasteiger partial charge in [0, 0.05) is 25.0 Å². The molecule has 33 heavy (non-hydrogen) atoms. The molecule has 0 saturated carbocycles. The number of aromatic carboxylic acids is 1. The van der Waals surface area contributed by atoms with Gasteiger partial charge in [0.25, 0.3) is 11.8 Å². The largest absolute Gasteiger partial charge is 0.478 e. The predicted octanol–water partition coefficient (Wildman–Crippen LogP) is 2.47. The first-order valence-electron chi connectivity index (χ1n) is 10.1. The molecule has 0 bridgehead atoms. The summed E-state index contributed by atoms with van der Waals surface area (Å²) in [4.78, 5) is 40.6. The van der Waals surface area contributed by atoms with E-state index in [9.17, 15) is 14.4 Å². The molecule has 0 fully saturated rings. The lowest BCUT2D eigenvalue weighted by atomic mass is 10.1. The van der Waals surface area contributed by atoms with Gasteiger partial charge in [-0.3, -0.25) is 14.0 Å². The summed E-state index contributed by atoms with van der Waals surface area (Å²) in [6.45, 7) is 0.541. The average Bonchev–Trinajstić information content (AvgIpc) is 3.27. The van der Waals surface area contributed by atoms with Crippen molar-refractivity contribution >= 4 is 29.1 Å². The first kappa shape index (κ1) is 21.6. The van der Waals surface area contributed by atoms with Crippen molar-refractivity contribution in [3.8, 4) is 0 Å². The van der Waals surface area contributed by atoms with E-state index in [1.807, 2.05) is 12.1 Å². The molecule has 0 aliphatic rings. The van der Waals surface area contributed by atoms with Crippen molar-refractivity contribution in [1.29, 1.82) is 0 Å². The summed E-state index contributed by atoms with van der Waals surface area (Å²) >= 11 is 0. The molecule has 9 nitrogen and oxygen atoms in total. The van der Waals surface area contributed by atoms with E-state index in [4.69, 9.17) is 10.8 Å². The monoisotopic (exact) mass is 443 g/mol. The van der Waals surface area contributed by atoms with E-state index in [1.165, 1.54) is 18.3 Å². The quantitative estimate of drug-likeness (QED) is 0.324. The molecular formula is C24H21N5O4. The molecule has 0 aliphatic heterocycles. The maximum atomic E-state index is 12.8. The molecule has 0 radical (unpaired) electrons. The van der Waals surface area contributed by atoms with Gasteiger partial charge in [-0.25, -0.2) is 9.78 Å². The molecule has 0 unspecified atom stereocenters. The molecule has 4 rings (SSSR count). The summed E-state index contributed by atoms with van der Waals surface area (Å²) in [6.07, 6.45) is 1.52. The lowest BCUT2D eigenvalue weighted by molar-refractivity contribution is 0.0696. The number of amides is 2. The first-order valence-corrected chi connectivity index (χ1v) is 10.1. The Labute approximate surface area is 188 Å². The topological polar surface area (TPSA) is 139 Å². The minimum Gasteiger partial charge on any atom is -0.478 e. The number of hydrogen-bond acceptors (Lipinski definition) is 5. The zero-order chi connectivity index (χ0) is 23.4. The average molecular weight is 443 g/mol. The maximum Gasteiger partial charge on any atom is 0.335 e. The number of anilines is 1. The Morgan fingerprint density at radius 3 is 2.09 bits per heavy atom. The highest BCUT2D eigenvalue weighted by Crippen LogP contribution is 2.11. The lowest BCUT2D eigenvalue weighted by Crippen LogP contribution is -2.25. The van der Waals surface area contributed by atoms with Crippen LogP contribution in [0.5, 0.6) is 0 Å². The number of carbonyl (C=O) groups excluding carboxylic acids is 2. The molecule has 2 aromatic carbocycles. The lowest BCUT2D eigenvalue weighted by Gasteiger charge is -2.07. The highest BCUT2D eigenvalue weighted by molar-refractivity contribution is 5.95. The number of fused-ring (bicyclic) bond motifs is 1. The fourth-order valence-electron chi connectivity index (χ4n) is 3.25. The van der Waals surface area contributed by atoms with Crippen LogP contribution in [-0.2, 0) is 13.1 Å². The number of carbonyl (C=O) groups is 3. The number of carboxylic acid groups (broad SMARTS) is 1. The van der Waals surface area contributed by atoms with Crippen molar-refractivity contribution in [1.82, 2.24) is 20.0 Å². The molecule has 4 aromatic rings. The predicted molar refractivity (Wildman–Crippen MR) is 122 cm³/mol. The Morgan fingerprint density at radius 2 is 1.45 bits per heavy atom. The number of nitrogens with one attached hydrogen (secondary N) is 2. The summed E-state index contributed by atoms with van der Waals surface area (Å²) in [6, 6.07) is 18.5. The van der Waals surface area contributed by atoms with Gasteiger partial charge in [-0.15, -0.1) is 0 Å². The highest BCUT2D eigenvalue weighted by Gasteiger charge is 2.15. The summed E-state index contributed by atoms with van der Waals surface area (Å²) in [5, 5.41) is 14.6. The zero-order valence-electron chi connectivity index (χ0n) is 17.5. The molecule has 0 atom stereocenters. The van der Waals surface area contributed by atoms with Crippen LogP contribution in [0.2, 0.25) is 0 Å². The summed E-state index contributed by atoms with van der Waals surface area (Å²) in [7, 11) is 0. The van der Waals surface area contributed by atoms with Gasteiger partial charge in [-0.05, 0) is 47.5 Å². The summed E-state index contributed by atoms with van der Waals surface area (Å²) < 4.78 is 1.56. The molecule has 0 spiro atoms. The van der Waals surface area contributed by atoms with Gasteiger partial charge in [-0.2, -0.15) is 0 Å². The third-order valence-corrected chi connectivity index (χ3v) is 5.04. The number of nitrogen functional groups attached to an aromatic ring is 1. The number of carboxylic acids is 1. The van der Waals surface area contributed by atoms with Crippen molar-refractivity contribution in [3.63, 3.8) is 0 Å². The van der Waals surface area contributed by atoms with Crippen LogP contribution in [0.25, 0.3) is 5.65 Å². The van der Waals surface area contributed by atoms with Gasteiger partial charge >= 0.3 is 5.97 Å². The molecule has 5 N–H and O–H groups in total. The number of imidazole rings is 1. The molecule has 0 aliphatic carbocycles. The van der Waals surface area contributed by atoms with Gasteiger partial charge in [-0.1, -0.05) is 30.3 Å². The molecular weight excluding hydrogens is 422 g/mol. The van der Waals surface area contributed by atoms with Gasteiger partial charge in [0.2, 0.25) is 0 Å². The maximum absolute atomic E-state index is 12.8. The first-order chi connectivity index (χ1) is 15.9. The van der Waals surface area contributed by atoms with Crippen molar-refractivity contribution < 1.29 is 19.5 Å². The van der Waals surface area contributed by atoms with E-state index in [0.717, 1.165) is 11.1 Å². The second-order valence-electron chi connectivity index (χ2n) is 7.37. The summed E-state index contributed by atoms with van der Waals surface area (Å²) in [5.74, 6) is -1.72. The van der Waals surface area contributed by atoms with Gasteiger partial charge in [0.15, 0.2) is 0 Å². The van der Waals surface area contributed by atoms with Gasteiger partial charge in [0.05, 0.1) is 5.56 Å². The van der Waals surface area contributed by atoms with E-state index in [1.54, 1.807) is 46.9 Å². The van der Waals surface area contributed by atoms with Crippen LogP contribution in [0, 0.1) is 0 Å². The second kappa shape index (κ2) is 9.23. The van der Waals surface area contributed by atoms with E-state index in [-0.39, 0.29) is 29.6 Å². The fraction of sp³-hybridized carbons (Fsp3) is 0.0833. The minimum absolute atomic E-state index is 0.176. The zero-order valence-corrected chi connectivity index (χ0v) is 17.5. The minimum atomic E-state index is -1.01. The SMILES string of the molecule is Nc1ccc(CNC(=O)c2cn3c(C(=O)NCc4ccc(C(=O)O)cc4)cccc3n2)cc1. The van der Waals surface area contributed by atoms with E-state index >= 15 is 0 Å². The number of rotatable bonds is 7. The number of nitrogens with zero attached hydrogens (tertiary/aromatic N) is 2. The highest BCUT2D eigenvalue weighted by atomic mass is 16.4. The molecule has 166 valence electrons. The van der Waals surface area contributed by atoms with Crippen LogP contribution in [0.4, 0.5) is 5.69 Å². The van der Waals surface area contributed by atoms with E-state index in [2.05, 4.69) is 15.6 Å². The van der Waals surface area contributed by atoms with Crippen LogP contribution in [-0.4, -0.2) is 32.3 Å². The standard InChI is InChI=1S/C24H21N5O4/c25-18-10-6-16(7-11-18)12-26-22(30)19-14-29-20(2-1-3-21(29)28-19)23(31)27-13-15-4-8-17(9-5-15)24(32)33/h1-11,14H,12-13,25H2,(H,26,30)(H,27,31)(H,32,33). The van der Waals surface area contributed by atoms with Crippen molar-refractivity contribution in [2.75, 3.05) is 5.73 Å². The number of aromatic nitrogens is 2. The second-order valence-corrected chi connectivity index (χ2v) is 7.37. The van der Waals surface area contributed by atoms with Gasteiger partial charge < -0.3 is 21.5 Å². The van der Waals surface area contributed by atoms with Crippen molar-refractivity contribution in [2.45, 2.75) is 13.1 Å². The Morgan fingerprint density at radius 1 is 0.848 bits per heavy atom. The van der Waals surface area contributed by atoms with E-state index < -0.39 is 5.97 Å². The Hall–Kier alpha value is -4.66. The van der Waals surface area contributed by atoms with Gasteiger partial charge in [0.1, 0.15) is 17.0 Å². The Balaban J connectivity index is 1.44. The van der Waals surface area contributed by atoms with Crippen LogP contribution in [0.15, 0.2) is 72.9 Å². The van der Waals surface area contributed by atoms with Crippen LogP contribution < -0.4 is 16.4 Å². The fourth-order valence-corrected chi connectivity index (χ4v) is 3.25.